The van der Waals surface area contributed by atoms with Gasteiger partial charge in [-0.05, 0) is 19.4 Å². The maximum absolute atomic E-state index is 11.7. The fourth-order valence-electron chi connectivity index (χ4n) is 2.14. The smallest absolute Gasteiger partial charge is 0.273 e. The number of amides is 1. The van der Waals surface area contributed by atoms with Gasteiger partial charge in [0.05, 0.1) is 12.1 Å². The highest BCUT2D eigenvalue weighted by molar-refractivity contribution is 5.92. The van der Waals surface area contributed by atoms with E-state index >= 15 is 0 Å². The maximum Gasteiger partial charge on any atom is 0.273 e. The van der Waals surface area contributed by atoms with Crippen molar-refractivity contribution in [2.24, 2.45) is 0 Å². The van der Waals surface area contributed by atoms with Crippen LogP contribution in [0.25, 0.3) is 0 Å². The number of methoxy groups -OCH3 is 1. The summed E-state index contributed by atoms with van der Waals surface area (Å²) in [7, 11) is 1.67. The first-order valence-corrected chi connectivity index (χ1v) is 5.68. The number of carbonyl (C=O) groups excluding carboxylic acids is 1. The summed E-state index contributed by atoms with van der Waals surface area (Å²) in [4.78, 5) is 11.7. The second-order valence-corrected chi connectivity index (χ2v) is 4.31. The molecule has 1 unspecified atom stereocenters. The Morgan fingerprint density at radius 2 is 2.56 bits per heavy atom. The zero-order valence-corrected chi connectivity index (χ0v) is 11.1. The summed E-state index contributed by atoms with van der Waals surface area (Å²) in [6.07, 6.45) is 3.48. The number of rotatable bonds is 5. The molecule has 7 heteroatoms. The number of hydrogen-bond donors (Lipinski definition) is 2. The number of nitrogens with one attached hydrogen (secondary N) is 2. The fourth-order valence-corrected chi connectivity index (χ4v) is 2.14. The molecule has 1 aromatic heterocycles. The van der Waals surface area contributed by atoms with E-state index in [9.17, 15) is 4.79 Å². The Hall–Kier alpha value is -1.11. The second-order valence-electron chi connectivity index (χ2n) is 4.31. The summed E-state index contributed by atoms with van der Waals surface area (Å²) in [5.41, 5.74) is 0.157. The van der Waals surface area contributed by atoms with Gasteiger partial charge in [-0.3, -0.25) is 4.79 Å². The Kier molecular flexibility index (Phi) is 5.58. The van der Waals surface area contributed by atoms with Gasteiger partial charge in [0, 0.05) is 19.7 Å². The SMILES string of the molecule is COCC1(CNC(=O)c2ccon2)CCCN1.Cl. The van der Waals surface area contributed by atoms with E-state index in [1.54, 1.807) is 13.2 Å². The van der Waals surface area contributed by atoms with Crippen molar-refractivity contribution in [1.82, 2.24) is 15.8 Å². The van der Waals surface area contributed by atoms with Crippen LogP contribution in [0.5, 0.6) is 0 Å². The summed E-state index contributed by atoms with van der Waals surface area (Å²) in [5.74, 6) is -0.220. The highest BCUT2D eigenvalue weighted by atomic mass is 35.5. The molecule has 0 bridgehead atoms. The molecule has 18 heavy (non-hydrogen) atoms. The molecule has 1 fully saturated rings. The first kappa shape index (κ1) is 14.9. The molecule has 0 aromatic carbocycles. The van der Waals surface area contributed by atoms with Crippen LogP contribution in [0.1, 0.15) is 23.3 Å². The standard InChI is InChI=1S/C11H17N3O3.ClH/c1-16-8-11(4-2-5-13-11)7-12-10(15)9-3-6-17-14-9;/h3,6,13H,2,4-5,7-8H2,1H3,(H,12,15);1H. The minimum absolute atomic E-state index is 0. The number of ether oxygens (including phenoxy) is 1. The lowest BCUT2D eigenvalue weighted by Gasteiger charge is -2.28. The molecule has 1 atom stereocenters. The molecule has 2 rings (SSSR count). The summed E-state index contributed by atoms with van der Waals surface area (Å²) in [6, 6.07) is 1.54. The van der Waals surface area contributed by atoms with Crippen molar-refractivity contribution >= 4 is 18.3 Å². The number of nitrogens with zero attached hydrogens (tertiary/aromatic N) is 1. The minimum atomic E-state index is -0.220. The molecule has 1 aromatic rings. The third-order valence-electron chi connectivity index (χ3n) is 3.01. The van der Waals surface area contributed by atoms with Crippen LogP contribution in [0.2, 0.25) is 0 Å². The molecular weight excluding hydrogens is 258 g/mol. The van der Waals surface area contributed by atoms with Gasteiger partial charge in [0.25, 0.3) is 5.91 Å². The van der Waals surface area contributed by atoms with E-state index in [-0.39, 0.29) is 23.9 Å². The second kappa shape index (κ2) is 6.72. The average molecular weight is 276 g/mol. The van der Waals surface area contributed by atoms with Crippen LogP contribution in [0, 0.1) is 0 Å². The van der Waals surface area contributed by atoms with E-state index in [1.807, 2.05) is 0 Å². The molecule has 0 aliphatic carbocycles. The third kappa shape index (κ3) is 3.44. The summed E-state index contributed by atoms with van der Waals surface area (Å²) < 4.78 is 9.83. The first-order valence-electron chi connectivity index (χ1n) is 5.68. The van der Waals surface area contributed by atoms with Gasteiger partial charge >= 0.3 is 0 Å². The number of hydrogen-bond acceptors (Lipinski definition) is 5. The van der Waals surface area contributed by atoms with E-state index in [0.29, 0.717) is 18.8 Å². The number of carbonyl (C=O) groups is 1. The number of halogens is 1. The molecule has 0 radical (unpaired) electrons. The van der Waals surface area contributed by atoms with Crippen molar-refractivity contribution in [2.75, 3.05) is 26.8 Å². The van der Waals surface area contributed by atoms with Crippen LogP contribution in [-0.4, -0.2) is 43.4 Å². The number of aromatic nitrogens is 1. The lowest BCUT2D eigenvalue weighted by Crippen LogP contribution is -2.53. The van der Waals surface area contributed by atoms with Crippen LogP contribution in [0.4, 0.5) is 0 Å². The zero-order chi connectivity index (χ0) is 12.1. The van der Waals surface area contributed by atoms with Crippen LogP contribution in [0.15, 0.2) is 16.9 Å². The van der Waals surface area contributed by atoms with Crippen molar-refractivity contribution in [3.8, 4) is 0 Å². The molecule has 1 aliphatic heterocycles. The van der Waals surface area contributed by atoms with Crippen LogP contribution in [-0.2, 0) is 4.74 Å². The molecular formula is C11H18ClN3O3. The summed E-state index contributed by atoms with van der Waals surface area (Å²) in [6.45, 7) is 2.09. The van der Waals surface area contributed by atoms with Gasteiger partial charge in [-0.25, -0.2) is 0 Å². The van der Waals surface area contributed by atoms with Crippen molar-refractivity contribution in [3.63, 3.8) is 0 Å². The van der Waals surface area contributed by atoms with Crippen molar-refractivity contribution in [3.05, 3.63) is 18.0 Å². The van der Waals surface area contributed by atoms with Gasteiger partial charge < -0.3 is 19.9 Å². The first-order chi connectivity index (χ1) is 8.26. The maximum atomic E-state index is 11.7. The van der Waals surface area contributed by atoms with E-state index in [4.69, 9.17) is 4.74 Å². The predicted octanol–water partition coefficient (Wildman–Crippen LogP) is 0.595. The Balaban J connectivity index is 0.00000162. The molecule has 2 heterocycles. The molecule has 1 amide bonds. The Morgan fingerprint density at radius 3 is 3.11 bits per heavy atom. The summed E-state index contributed by atoms with van der Waals surface area (Å²) >= 11 is 0. The van der Waals surface area contributed by atoms with Gasteiger partial charge in [0.15, 0.2) is 5.69 Å². The molecule has 1 aliphatic rings. The summed E-state index contributed by atoms with van der Waals surface area (Å²) in [5, 5.41) is 9.83. The van der Waals surface area contributed by atoms with Crippen molar-refractivity contribution in [2.45, 2.75) is 18.4 Å². The Morgan fingerprint density at radius 1 is 1.72 bits per heavy atom. The molecule has 2 N–H and O–H groups in total. The highest BCUT2D eigenvalue weighted by Gasteiger charge is 2.33. The molecule has 0 saturated carbocycles. The van der Waals surface area contributed by atoms with Gasteiger partial charge in [-0.15, -0.1) is 12.4 Å². The monoisotopic (exact) mass is 275 g/mol. The zero-order valence-electron chi connectivity index (χ0n) is 10.3. The van der Waals surface area contributed by atoms with Gasteiger partial charge in [0.1, 0.15) is 6.26 Å². The molecule has 1 saturated heterocycles. The van der Waals surface area contributed by atoms with Gasteiger partial charge in [-0.2, -0.15) is 0 Å². The fraction of sp³-hybridized carbons (Fsp3) is 0.636. The van der Waals surface area contributed by atoms with Gasteiger partial charge in [0.2, 0.25) is 0 Å². The minimum Gasteiger partial charge on any atom is -0.383 e. The Labute approximate surface area is 112 Å². The van der Waals surface area contributed by atoms with Crippen molar-refractivity contribution < 1.29 is 14.1 Å². The van der Waals surface area contributed by atoms with E-state index in [0.717, 1.165) is 19.4 Å². The Bertz CT molecular complexity index is 364. The van der Waals surface area contributed by atoms with Gasteiger partial charge in [-0.1, -0.05) is 5.16 Å². The lowest BCUT2D eigenvalue weighted by molar-refractivity contribution is 0.0884. The predicted molar refractivity (Wildman–Crippen MR) is 67.9 cm³/mol. The molecule has 0 spiro atoms. The van der Waals surface area contributed by atoms with E-state index in [2.05, 4.69) is 20.3 Å². The largest absolute Gasteiger partial charge is 0.383 e. The van der Waals surface area contributed by atoms with Crippen LogP contribution < -0.4 is 10.6 Å². The average Bonchev–Trinajstić information content (AvgIpc) is 2.98. The highest BCUT2D eigenvalue weighted by Crippen LogP contribution is 2.18. The lowest BCUT2D eigenvalue weighted by atomic mass is 9.98. The van der Waals surface area contributed by atoms with Crippen LogP contribution >= 0.6 is 12.4 Å². The van der Waals surface area contributed by atoms with E-state index in [1.165, 1.54) is 6.26 Å². The van der Waals surface area contributed by atoms with E-state index < -0.39 is 0 Å². The topological polar surface area (TPSA) is 76.4 Å². The third-order valence-corrected chi connectivity index (χ3v) is 3.01. The molecule has 6 nitrogen and oxygen atoms in total. The quantitative estimate of drug-likeness (QED) is 0.823. The van der Waals surface area contributed by atoms with Crippen LogP contribution in [0.3, 0.4) is 0 Å². The van der Waals surface area contributed by atoms with Crippen molar-refractivity contribution in [1.29, 1.82) is 0 Å². The molecule has 102 valence electrons. The normalized spacial score (nSPS) is 22.5.